The van der Waals surface area contributed by atoms with E-state index in [-0.39, 0.29) is 0 Å². The lowest BCUT2D eigenvalue weighted by Crippen LogP contribution is -2.09. The van der Waals surface area contributed by atoms with E-state index >= 15 is 0 Å². The molecule has 3 rings (SSSR count). The van der Waals surface area contributed by atoms with Gasteiger partial charge in [-0.15, -0.1) is 0 Å². The summed E-state index contributed by atoms with van der Waals surface area (Å²) in [5, 5.41) is 14.8. The van der Waals surface area contributed by atoms with E-state index in [2.05, 4.69) is 21.0 Å². The maximum Gasteiger partial charge on any atom is 0.122 e. The Balaban J connectivity index is 1.99. The smallest absolute Gasteiger partial charge is 0.122 e. The summed E-state index contributed by atoms with van der Waals surface area (Å²) in [5.74, 6) is 0.930. The molecule has 0 bridgehead atoms. The van der Waals surface area contributed by atoms with Crippen molar-refractivity contribution < 1.29 is 9.84 Å². The lowest BCUT2D eigenvalue weighted by atomic mass is 10.0. The Kier molecular flexibility index (Phi) is 3.33. The second-order valence-corrected chi connectivity index (χ2v) is 5.42. The molecule has 0 amide bonds. The fraction of sp³-hybridized carbons (Fsp3) is 0.357. The molecule has 1 aromatic carbocycles. The molecule has 100 valence electrons. The van der Waals surface area contributed by atoms with Crippen LogP contribution in [-0.4, -0.2) is 21.5 Å². The Morgan fingerprint density at radius 3 is 3.16 bits per heavy atom. The van der Waals surface area contributed by atoms with Crippen LogP contribution in [0.5, 0.6) is 5.75 Å². The predicted molar refractivity (Wildman–Crippen MR) is 75.3 cm³/mol. The van der Waals surface area contributed by atoms with Gasteiger partial charge in [0.25, 0.3) is 0 Å². The summed E-state index contributed by atoms with van der Waals surface area (Å²) in [6.45, 7) is 3.46. The van der Waals surface area contributed by atoms with Crippen molar-refractivity contribution in [2.24, 2.45) is 0 Å². The number of aromatic nitrogens is 2. The van der Waals surface area contributed by atoms with Crippen LogP contribution in [0.3, 0.4) is 0 Å². The Bertz CT molecular complexity index is 609. The monoisotopic (exact) mass is 322 g/mol. The number of nitrogens with zero attached hydrogens (tertiary/aromatic N) is 2. The van der Waals surface area contributed by atoms with Gasteiger partial charge in [0.2, 0.25) is 0 Å². The minimum Gasteiger partial charge on any atom is -0.493 e. The molecule has 1 aliphatic heterocycles. The van der Waals surface area contributed by atoms with Crippen molar-refractivity contribution in [3.63, 3.8) is 0 Å². The van der Waals surface area contributed by atoms with Gasteiger partial charge in [-0.05, 0) is 46.1 Å². The van der Waals surface area contributed by atoms with E-state index in [1.54, 1.807) is 10.9 Å². The zero-order valence-corrected chi connectivity index (χ0v) is 12.2. The average molecular weight is 323 g/mol. The molecular weight excluding hydrogens is 308 g/mol. The van der Waals surface area contributed by atoms with Crippen LogP contribution in [0.25, 0.3) is 0 Å². The minimum atomic E-state index is -0.678. The van der Waals surface area contributed by atoms with Crippen LogP contribution in [0.4, 0.5) is 0 Å². The van der Waals surface area contributed by atoms with E-state index < -0.39 is 6.10 Å². The lowest BCUT2D eigenvalue weighted by molar-refractivity contribution is 0.207. The number of fused-ring (bicyclic) bond motifs is 1. The molecule has 0 saturated heterocycles. The van der Waals surface area contributed by atoms with Gasteiger partial charge < -0.3 is 9.84 Å². The summed E-state index contributed by atoms with van der Waals surface area (Å²) in [6.07, 6.45) is 1.95. The summed E-state index contributed by atoms with van der Waals surface area (Å²) in [4.78, 5) is 0. The standard InChI is InChI=1S/C14H15BrN2O2/c1-2-17-13(11(15)8-16-17)14(18)10-3-4-12-9(7-10)5-6-19-12/h3-4,7-8,14,18H,2,5-6H2,1H3. The number of ether oxygens (including phenoxy) is 1. The molecule has 1 aliphatic rings. The van der Waals surface area contributed by atoms with Crippen LogP contribution in [0.15, 0.2) is 28.9 Å². The van der Waals surface area contributed by atoms with Gasteiger partial charge in [-0.2, -0.15) is 5.10 Å². The average Bonchev–Trinajstić information content (AvgIpc) is 3.02. The highest BCUT2D eigenvalue weighted by Crippen LogP contribution is 2.33. The van der Waals surface area contributed by atoms with Gasteiger partial charge in [0.05, 0.1) is 23.0 Å². The Hall–Kier alpha value is -1.33. The highest BCUT2D eigenvalue weighted by molar-refractivity contribution is 9.10. The number of aliphatic hydroxyl groups excluding tert-OH is 1. The number of halogens is 1. The third kappa shape index (κ3) is 2.17. The van der Waals surface area contributed by atoms with Crippen molar-refractivity contribution >= 4 is 15.9 Å². The third-order valence-corrected chi connectivity index (χ3v) is 4.03. The number of rotatable bonds is 3. The van der Waals surface area contributed by atoms with Crippen LogP contribution in [0, 0.1) is 0 Å². The first-order valence-corrected chi connectivity index (χ1v) is 7.15. The van der Waals surface area contributed by atoms with Crippen LogP contribution in [0.2, 0.25) is 0 Å². The summed E-state index contributed by atoms with van der Waals surface area (Å²) in [7, 11) is 0. The fourth-order valence-corrected chi connectivity index (χ4v) is 2.94. The molecule has 0 aliphatic carbocycles. The maximum atomic E-state index is 10.6. The van der Waals surface area contributed by atoms with Gasteiger partial charge in [0.15, 0.2) is 0 Å². The maximum absolute atomic E-state index is 10.6. The molecule has 1 unspecified atom stereocenters. The molecule has 1 atom stereocenters. The first-order chi connectivity index (χ1) is 9.20. The van der Waals surface area contributed by atoms with E-state index in [0.717, 1.165) is 46.6 Å². The zero-order chi connectivity index (χ0) is 13.4. The molecule has 0 radical (unpaired) electrons. The molecule has 0 saturated carbocycles. The molecule has 0 spiro atoms. The molecule has 2 heterocycles. The van der Waals surface area contributed by atoms with Crippen molar-refractivity contribution in [2.75, 3.05) is 6.61 Å². The van der Waals surface area contributed by atoms with Crippen LogP contribution >= 0.6 is 15.9 Å². The van der Waals surface area contributed by atoms with E-state index in [1.165, 1.54) is 0 Å². The summed E-state index contributed by atoms with van der Waals surface area (Å²) in [5.41, 5.74) is 2.83. The Morgan fingerprint density at radius 1 is 1.53 bits per heavy atom. The molecule has 5 heteroatoms. The second-order valence-electron chi connectivity index (χ2n) is 4.56. The van der Waals surface area contributed by atoms with Crippen LogP contribution < -0.4 is 4.74 Å². The third-order valence-electron chi connectivity index (χ3n) is 3.42. The normalized spacial score (nSPS) is 15.1. The van der Waals surface area contributed by atoms with E-state index in [4.69, 9.17) is 4.74 Å². The van der Waals surface area contributed by atoms with Crippen molar-refractivity contribution in [3.8, 4) is 5.75 Å². The van der Waals surface area contributed by atoms with E-state index in [9.17, 15) is 5.11 Å². The predicted octanol–water partition coefficient (Wildman–Crippen LogP) is 2.68. The Morgan fingerprint density at radius 2 is 2.37 bits per heavy atom. The SMILES string of the molecule is CCn1ncc(Br)c1C(O)c1ccc2c(c1)CCO2. The molecule has 2 aromatic rings. The first kappa shape index (κ1) is 12.7. The zero-order valence-electron chi connectivity index (χ0n) is 10.6. The summed E-state index contributed by atoms with van der Waals surface area (Å²) < 4.78 is 8.12. The van der Waals surface area contributed by atoms with Gasteiger partial charge in [0.1, 0.15) is 11.9 Å². The van der Waals surface area contributed by atoms with Gasteiger partial charge in [-0.25, -0.2) is 0 Å². The number of aliphatic hydroxyl groups is 1. The van der Waals surface area contributed by atoms with Gasteiger partial charge in [-0.3, -0.25) is 4.68 Å². The second kappa shape index (κ2) is 4.98. The largest absolute Gasteiger partial charge is 0.493 e. The van der Waals surface area contributed by atoms with Gasteiger partial charge in [-0.1, -0.05) is 6.07 Å². The first-order valence-electron chi connectivity index (χ1n) is 6.35. The van der Waals surface area contributed by atoms with Crippen LogP contribution in [-0.2, 0) is 13.0 Å². The van der Waals surface area contributed by atoms with Gasteiger partial charge in [0, 0.05) is 13.0 Å². The minimum absolute atomic E-state index is 0.678. The van der Waals surface area contributed by atoms with E-state index in [0.29, 0.717) is 0 Å². The topological polar surface area (TPSA) is 47.3 Å². The summed E-state index contributed by atoms with van der Waals surface area (Å²) >= 11 is 3.45. The van der Waals surface area contributed by atoms with Crippen molar-refractivity contribution in [2.45, 2.75) is 26.0 Å². The van der Waals surface area contributed by atoms with Crippen molar-refractivity contribution in [1.29, 1.82) is 0 Å². The summed E-state index contributed by atoms with van der Waals surface area (Å²) in [6, 6.07) is 5.86. The van der Waals surface area contributed by atoms with Crippen molar-refractivity contribution in [1.82, 2.24) is 9.78 Å². The van der Waals surface area contributed by atoms with Gasteiger partial charge >= 0.3 is 0 Å². The van der Waals surface area contributed by atoms with Crippen LogP contribution in [0.1, 0.15) is 29.8 Å². The quantitative estimate of drug-likeness (QED) is 0.945. The molecule has 1 aromatic heterocycles. The fourth-order valence-electron chi connectivity index (χ4n) is 2.43. The van der Waals surface area contributed by atoms with E-state index in [1.807, 2.05) is 25.1 Å². The highest BCUT2D eigenvalue weighted by Gasteiger charge is 2.21. The molecule has 19 heavy (non-hydrogen) atoms. The van der Waals surface area contributed by atoms with Crippen molar-refractivity contribution in [3.05, 3.63) is 45.7 Å². The molecule has 1 N–H and O–H groups in total. The molecule has 4 nitrogen and oxygen atoms in total. The highest BCUT2D eigenvalue weighted by atomic mass is 79.9. The lowest BCUT2D eigenvalue weighted by Gasteiger charge is -2.14. The number of benzene rings is 1. The number of hydrogen-bond acceptors (Lipinski definition) is 3. The number of aryl methyl sites for hydroxylation is 1. The molecule has 0 fully saturated rings. The molecular formula is C14H15BrN2O2. The Labute approximate surface area is 120 Å². The number of hydrogen-bond donors (Lipinski definition) is 1.